The molecule has 0 aromatic heterocycles. The summed E-state index contributed by atoms with van der Waals surface area (Å²) >= 11 is 0. The third-order valence-corrected chi connectivity index (χ3v) is 2.05. The maximum atomic E-state index is 10.9. The highest BCUT2D eigenvalue weighted by atomic mass is 32.2. The number of hydrogen-bond acceptors (Lipinski definition) is 6. The second-order valence-corrected chi connectivity index (χ2v) is 3.81. The molecule has 0 bridgehead atoms. The molecule has 0 aromatic rings. The van der Waals surface area contributed by atoms with Crippen LogP contribution in [0.1, 0.15) is 6.92 Å². The number of ether oxygens (including phenoxy) is 1. The molecule has 0 aromatic carbocycles. The maximum absolute atomic E-state index is 10.9. The summed E-state index contributed by atoms with van der Waals surface area (Å²) in [4.78, 5) is 21.1. The van der Waals surface area contributed by atoms with Crippen LogP contribution in [0.2, 0.25) is 0 Å². The van der Waals surface area contributed by atoms with Crippen LogP contribution >= 0.6 is 0 Å². The molecule has 15 heavy (non-hydrogen) atoms. The SMILES string of the molecule is C=C(C=CS(=O)(=O)OC(C)=O)C(=O)OC. The highest BCUT2D eigenvalue weighted by molar-refractivity contribution is 7.90. The molecule has 0 radical (unpaired) electrons. The number of carbonyl (C=O) groups excluding carboxylic acids is 2. The van der Waals surface area contributed by atoms with Crippen LogP contribution in [0.3, 0.4) is 0 Å². The molecule has 0 unspecified atom stereocenters. The Balaban J connectivity index is 4.60. The minimum atomic E-state index is -4.12. The summed E-state index contributed by atoms with van der Waals surface area (Å²) in [6.07, 6.45) is 0.879. The van der Waals surface area contributed by atoms with Gasteiger partial charge in [0.15, 0.2) is 0 Å². The number of hydrogen-bond donors (Lipinski definition) is 0. The minimum absolute atomic E-state index is 0.173. The Morgan fingerprint density at radius 3 is 2.27 bits per heavy atom. The number of carbonyl (C=O) groups is 2. The van der Waals surface area contributed by atoms with Gasteiger partial charge in [-0.05, 0) is 6.08 Å². The van der Waals surface area contributed by atoms with Gasteiger partial charge in [-0.3, -0.25) is 4.79 Å². The summed E-state index contributed by atoms with van der Waals surface area (Å²) in [6, 6.07) is 0. The van der Waals surface area contributed by atoms with E-state index in [1.807, 2.05) is 0 Å². The van der Waals surface area contributed by atoms with Crippen molar-refractivity contribution in [3.05, 3.63) is 23.6 Å². The standard InChI is InChI=1S/C8H10O6S/c1-6(8(10)13-3)4-5-15(11,12)14-7(2)9/h4-5H,1H2,2-3H3. The molecule has 0 saturated carbocycles. The van der Waals surface area contributed by atoms with Crippen molar-refractivity contribution in [1.29, 1.82) is 0 Å². The molecule has 0 atom stereocenters. The first-order valence-electron chi connectivity index (χ1n) is 3.69. The maximum Gasteiger partial charge on any atom is 0.337 e. The molecule has 0 rings (SSSR count). The molecule has 0 amide bonds. The van der Waals surface area contributed by atoms with E-state index in [1.54, 1.807) is 0 Å². The van der Waals surface area contributed by atoms with E-state index in [0.29, 0.717) is 5.41 Å². The second-order valence-electron chi connectivity index (χ2n) is 2.39. The van der Waals surface area contributed by atoms with E-state index in [0.717, 1.165) is 20.1 Å². The fourth-order valence-corrected chi connectivity index (χ4v) is 1.27. The summed E-state index contributed by atoms with van der Waals surface area (Å²) in [5.74, 6) is -1.74. The third kappa shape index (κ3) is 5.63. The molecule has 84 valence electrons. The molecule has 0 aliphatic carbocycles. The summed E-state index contributed by atoms with van der Waals surface area (Å²) in [5, 5.41) is 0.549. The first-order chi connectivity index (χ1) is 6.78. The van der Waals surface area contributed by atoms with Crippen LogP contribution in [-0.4, -0.2) is 27.5 Å². The normalized spacial score (nSPS) is 11.1. The van der Waals surface area contributed by atoms with Crippen LogP contribution in [0.15, 0.2) is 23.6 Å². The molecule has 0 saturated heterocycles. The van der Waals surface area contributed by atoms with Crippen molar-refractivity contribution >= 4 is 22.1 Å². The summed E-state index contributed by atoms with van der Waals surface area (Å²) in [7, 11) is -2.99. The molecule has 6 nitrogen and oxygen atoms in total. The van der Waals surface area contributed by atoms with Crippen molar-refractivity contribution in [3.8, 4) is 0 Å². The number of esters is 1. The Kier molecular flexibility index (Phi) is 4.72. The van der Waals surface area contributed by atoms with Crippen molar-refractivity contribution in [2.45, 2.75) is 6.92 Å². The van der Waals surface area contributed by atoms with Gasteiger partial charge in [0.2, 0.25) is 0 Å². The van der Waals surface area contributed by atoms with E-state index in [9.17, 15) is 18.0 Å². The van der Waals surface area contributed by atoms with Gasteiger partial charge in [-0.2, -0.15) is 8.42 Å². The largest absolute Gasteiger partial charge is 0.465 e. The Bertz CT molecular complexity index is 403. The zero-order valence-corrected chi connectivity index (χ0v) is 9.04. The monoisotopic (exact) mass is 234 g/mol. The van der Waals surface area contributed by atoms with E-state index >= 15 is 0 Å². The predicted molar refractivity (Wildman–Crippen MR) is 51.0 cm³/mol. The molecule has 0 aliphatic heterocycles. The zero-order chi connectivity index (χ0) is 12.1. The zero-order valence-electron chi connectivity index (χ0n) is 8.22. The van der Waals surface area contributed by atoms with Crippen LogP contribution in [0, 0.1) is 0 Å². The van der Waals surface area contributed by atoms with Gasteiger partial charge in [-0.25, -0.2) is 4.79 Å². The molecule has 0 N–H and O–H groups in total. The summed E-state index contributed by atoms with van der Waals surface area (Å²) < 4.78 is 30.1. The Morgan fingerprint density at radius 1 is 1.33 bits per heavy atom. The summed E-state index contributed by atoms with van der Waals surface area (Å²) in [5.41, 5.74) is -0.173. The predicted octanol–water partition coefficient (Wildman–Crippen LogP) is 0.122. The van der Waals surface area contributed by atoms with Gasteiger partial charge in [0.1, 0.15) is 0 Å². The Hall–Kier alpha value is -1.63. The van der Waals surface area contributed by atoms with Crippen LogP contribution < -0.4 is 0 Å². The van der Waals surface area contributed by atoms with Gasteiger partial charge < -0.3 is 8.92 Å². The van der Waals surface area contributed by atoms with E-state index in [-0.39, 0.29) is 5.57 Å². The van der Waals surface area contributed by atoms with E-state index in [2.05, 4.69) is 15.5 Å². The van der Waals surface area contributed by atoms with Gasteiger partial charge in [0.05, 0.1) is 18.1 Å². The van der Waals surface area contributed by atoms with Crippen molar-refractivity contribution < 1.29 is 26.9 Å². The Morgan fingerprint density at radius 2 is 1.87 bits per heavy atom. The molecule has 7 heteroatoms. The lowest BCUT2D eigenvalue weighted by atomic mass is 10.3. The fourth-order valence-electron chi connectivity index (χ4n) is 0.556. The van der Waals surface area contributed by atoms with Crippen LogP contribution in [0.4, 0.5) is 0 Å². The lowest BCUT2D eigenvalue weighted by molar-refractivity contribution is -0.135. The van der Waals surface area contributed by atoms with Crippen LogP contribution in [0.5, 0.6) is 0 Å². The lowest BCUT2D eigenvalue weighted by Crippen LogP contribution is -2.07. The smallest absolute Gasteiger partial charge is 0.337 e. The minimum Gasteiger partial charge on any atom is -0.465 e. The first-order valence-corrected chi connectivity index (χ1v) is 5.16. The summed E-state index contributed by atoms with van der Waals surface area (Å²) in [6.45, 7) is 4.19. The van der Waals surface area contributed by atoms with E-state index in [1.165, 1.54) is 0 Å². The quantitative estimate of drug-likeness (QED) is 0.297. The molecule has 0 fully saturated rings. The van der Waals surface area contributed by atoms with Gasteiger partial charge in [0.25, 0.3) is 0 Å². The van der Waals surface area contributed by atoms with Crippen LogP contribution in [0.25, 0.3) is 0 Å². The van der Waals surface area contributed by atoms with Crippen molar-refractivity contribution in [2.24, 2.45) is 0 Å². The Labute approximate surface area is 87.3 Å². The number of rotatable bonds is 4. The molecular weight excluding hydrogens is 224 g/mol. The highest BCUT2D eigenvalue weighted by Gasteiger charge is 2.10. The topological polar surface area (TPSA) is 86.7 Å². The lowest BCUT2D eigenvalue weighted by Gasteiger charge is -1.98. The van der Waals surface area contributed by atoms with E-state index in [4.69, 9.17) is 0 Å². The van der Waals surface area contributed by atoms with Gasteiger partial charge in [0, 0.05) is 6.92 Å². The fraction of sp³-hybridized carbons (Fsp3) is 0.250. The van der Waals surface area contributed by atoms with Gasteiger partial charge in [-0.15, -0.1) is 0 Å². The average molecular weight is 234 g/mol. The molecule has 0 aliphatic rings. The molecule has 0 spiro atoms. The molecule has 0 heterocycles. The number of methoxy groups -OCH3 is 1. The first kappa shape index (κ1) is 13.4. The van der Waals surface area contributed by atoms with Crippen molar-refractivity contribution in [3.63, 3.8) is 0 Å². The third-order valence-electron chi connectivity index (χ3n) is 1.12. The van der Waals surface area contributed by atoms with Gasteiger partial charge >= 0.3 is 22.1 Å². The van der Waals surface area contributed by atoms with Gasteiger partial charge in [-0.1, -0.05) is 6.58 Å². The van der Waals surface area contributed by atoms with Crippen molar-refractivity contribution in [2.75, 3.05) is 7.11 Å². The highest BCUT2D eigenvalue weighted by Crippen LogP contribution is 2.01. The van der Waals surface area contributed by atoms with Crippen LogP contribution in [-0.2, 0) is 28.6 Å². The van der Waals surface area contributed by atoms with E-state index < -0.39 is 22.1 Å². The average Bonchev–Trinajstić information content (AvgIpc) is 2.11. The second kappa shape index (κ2) is 5.30. The van der Waals surface area contributed by atoms with Crippen molar-refractivity contribution in [1.82, 2.24) is 0 Å². The molecular formula is C8H10O6S.